The standard InChI is InChI=1S/C29H58O3/c1-3-5-7-9-11-13-15-17-19-21-26-31-28-29(24-23-25-30)32-27-22-20-18-16-14-12-10-8-6-4-2/h25,29H,3-24,26-28H2,1-2H3. The summed E-state index contributed by atoms with van der Waals surface area (Å²) in [4.78, 5) is 10.7. The quantitative estimate of drug-likeness (QED) is 0.0872. The maximum Gasteiger partial charge on any atom is 0.120 e. The molecule has 0 radical (unpaired) electrons. The number of aldehydes is 1. The molecule has 0 aliphatic carbocycles. The van der Waals surface area contributed by atoms with E-state index in [9.17, 15) is 4.79 Å². The van der Waals surface area contributed by atoms with Crippen LogP contribution >= 0.6 is 0 Å². The number of ether oxygens (including phenoxy) is 2. The van der Waals surface area contributed by atoms with Crippen molar-refractivity contribution in [2.45, 2.75) is 161 Å². The lowest BCUT2D eigenvalue weighted by Crippen LogP contribution is -2.21. The molecule has 0 rings (SSSR count). The highest BCUT2D eigenvalue weighted by Gasteiger charge is 2.09. The summed E-state index contributed by atoms with van der Waals surface area (Å²) in [5, 5.41) is 0. The third kappa shape index (κ3) is 25.8. The molecule has 192 valence electrons. The fraction of sp³-hybridized carbons (Fsp3) is 0.966. The van der Waals surface area contributed by atoms with Gasteiger partial charge in [0, 0.05) is 19.6 Å². The van der Waals surface area contributed by atoms with E-state index in [1.807, 2.05) is 0 Å². The number of carbonyl (C=O) groups is 1. The predicted molar refractivity (Wildman–Crippen MR) is 140 cm³/mol. The average Bonchev–Trinajstić information content (AvgIpc) is 2.81. The average molecular weight is 455 g/mol. The molecular weight excluding hydrogens is 396 g/mol. The summed E-state index contributed by atoms with van der Waals surface area (Å²) in [7, 11) is 0. The lowest BCUT2D eigenvalue weighted by Gasteiger charge is -2.17. The molecule has 0 amide bonds. The highest BCUT2D eigenvalue weighted by molar-refractivity contribution is 5.49. The zero-order chi connectivity index (χ0) is 23.4. The van der Waals surface area contributed by atoms with E-state index in [1.54, 1.807) is 0 Å². The number of hydrogen-bond acceptors (Lipinski definition) is 3. The molecule has 0 bridgehead atoms. The van der Waals surface area contributed by atoms with Crippen LogP contribution in [0.4, 0.5) is 0 Å². The van der Waals surface area contributed by atoms with Crippen LogP contribution in [0.1, 0.15) is 155 Å². The zero-order valence-corrected chi connectivity index (χ0v) is 22.1. The Morgan fingerprint density at radius 3 is 1.41 bits per heavy atom. The Balaban J connectivity index is 3.50. The molecule has 0 N–H and O–H groups in total. The molecule has 1 atom stereocenters. The Morgan fingerprint density at radius 1 is 0.562 bits per heavy atom. The lowest BCUT2D eigenvalue weighted by atomic mass is 10.1. The van der Waals surface area contributed by atoms with Crippen molar-refractivity contribution in [3.05, 3.63) is 0 Å². The third-order valence-electron chi connectivity index (χ3n) is 6.40. The molecule has 0 aliphatic heterocycles. The third-order valence-corrected chi connectivity index (χ3v) is 6.40. The van der Waals surface area contributed by atoms with Gasteiger partial charge in [0.2, 0.25) is 0 Å². The fourth-order valence-corrected chi connectivity index (χ4v) is 4.21. The van der Waals surface area contributed by atoms with E-state index in [-0.39, 0.29) is 6.10 Å². The normalized spacial score (nSPS) is 12.3. The molecule has 3 nitrogen and oxygen atoms in total. The van der Waals surface area contributed by atoms with Gasteiger partial charge in [0.25, 0.3) is 0 Å². The van der Waals surface area contributed by atoms with Crippen LogP contribution in [-0.4, -0.2) is 32.2 Å². The van der Waals surface area contributed by atoms with Crippen LogP contribution in [0.15, 0.2) is 0 Å². The molecule has 0 aromatic carbocycles. The van der Waals surface area contributed by atoms with Crippen molar-refractivity contribution in [3.63, 3.8) is 0 Å². The second-order valence-electron chi connectivity index (χ2n) is 9.68. The summed E-state index contributed by atoms with van der Waals surface area (Å²) in [5.41, 5.74) is 0. The van der Waals surface area contributed by atoms with Crippen LogP contribution in [0.5, 0.6) is 0 Å². The molecule has 0 aliphatic rings. The molecule has 0 saturated carbocycles. The molecule has 32 heavy (non-hydrogen) atoms. The molecule has 0 aromatic heterocycles. The minimum atomic E-state index is 0.0851. The minimum absolute atomic E-state index is 0.0851. The minimum Gasteiger partial charge on any atom is -0.379 e. The van der Waals surface area contributed by atoms with E-state index in [0.29, 0.717) is 13.0 Å². The maximum atomic E-state index is 10.7. The molecule has 0 fully saturated rings. The Hall–Kier alpha value is -0.410. The van der Waals surface area contributed by atoms with Gasteiger partial charge in [-0.25, -0.2) is 0 Å². The van der Waals surface area contributed by atoms with Crippen molar-refractivity contribution in [1.29, 1.82) is 0 Å². The summed E-state index contributed by atoms with van der Waals surface area (Å²) >= 11 is 0. The molecule has 3 heteroatoms. The summed E-state index contributed by atoms with van der Waals surface area (Å²) in [5.74, 6) is 0. The van der Waals surface area contributed by atoms with E-state index >= 15 is 0 Å². The van der Waals surface area contributed by atoms with Crippen molar-refractivity contribution < 1.29 is 14.3 Å². The Bertz CT molecular complexity index is 345. The number of hydrogen-bond donors (Lipinski definition) is 0. The van der Waals surface area contributed by atoms with Gasteiger partial charge in [0.05, 0.1) is 12.7 Å². The first kappa shape index (κ1) is 31.6. The van der Waals surface area contributed by atoms with Gasteiger partial charge in [-0.2, -0.15) is 0 Å². The van der Waals surface area contributed by atoms with Crippen molar-refractivity contribution in [2.75, 3.05) is 19.8 Å². The first-order valence-corrected chi connectivity index (χ1v) is 14.5. The second kappa shape index (κ2) is 28.6. The molecule has 0 heterocycles. The Labute approximate surface area is 201 Å². The van der Waals surface area contributed by atoms with E-state index in [1.165, 1.54) is 116 Å². The van der Waals surface area contributed by atoms with Gasteiger partial charge < -0.3 is 14.3 Å². The highest BCUT2D eigenvalue weighted by atomic mass is 16.5. The van der Waals surface area contributed by atoms with Crippen LogP contribution in [0.2, 0.25) is 0 Å². The van der Waals surface area contributed by atoms with E-state index in [4.69, 9.17) is 9.47 Å². The van der Waals surface area contributed by atoms with Gasteiger partial charge in [-0.3, -0.25) is 0 Å². The fourth-order valence-electron chi connectivity index (χ4n) is 4.21. The van der Waals surface area contributed by atoms with Gasteiger partial charge in [-0.1, -0.05) is 129 Å². The number of unbranched alkanes of at least 4 members (excludes halogenated alkanes) is 18. The number of carbonyl (C=O) groups excluding carboxylic acids is 1. The molecular formula is C29H58O3. The summed E-state index contributed by atoms with van der Waals surface area (Å²) in [6, 6.07) is 0. The predicted octanol–water partition coefficient (Wildman–Crippen LogP) is 9.21. The molecule has 0 spiro atoms. The first-order valence-electron chi connectivity index (χ1n) is 14.5. The van der Waals surface area contributed by atoms with Crippen molar-refractivity contribution >= 4 is 6.29 Å². The van der Waals surface area contributed by atoms with Gasteiger partial charge in [-0.15, -0.1) is 0 Å². The van der Waals surface area contributed by atoms with Gasteiger partial charge in [0.1, 0.15) is 6.29 Å². The largest absolute Gasteiger partial charge is 0.379 e. The SMILES string of the molecule is CCCCCCCCCCCCOCC(CCC=O)OCCCCCCCCCCCC. The molecule has 0 aromatic rings. The van der Waals surface area contributed by atoms with E-state index < -0.39 is 0 Å². The van der Waals surface area contributed by atoms with Crippen LogP contribution < -0.4 is 0 Å². The Morgan fingerprint density at radius 2 is 0.969 bits per heavy atom. The van der Waals surface area contributed by atoms with Crippen LogP contribution in [0.25, 0.3) is 0 Å². The lowest BCUT2D eigenvalue weighted by molar-refractivity contribution is -0.109. The monoisotopic (exact) mass is 454 g/mol. The summed E-state index contributed by atoms with van der Waals surface area (Å²) in [6.07, 6.45) is 29.4. The number of rotatable bonds is 28. The van der Waals surface area contributed by atoms with E-state index in [0.717, 1.165) is 38.8 Å². The highest BCUT2D eigenvalue weighted by Crippen LogP contribution is 2.12. The van der Waals surface area contributed by atoms with Crippen molar-refractivity contribution in [3.8, 4) is 0 Å². The van der Waals surface area contributed by atoms with Crippen molar-refractivity contribution in [2.24, 2.45) is 0 Å². The van der Waals surface area contributed by atoms with Crippen LogP contribution in [0, 0.1) is 0 Å². The maximum absolute atomic E-state index is 10.7. The smallest absolute Gasteiger partial charge is 0.120 e. The second-order valence-corrected chi connectivity index (χ2v) is 9.68. The van der Waals surface area contributed by atoms with Gasteiger partial charge in [-0.05, 0) is 19.3 Å². The van der Waals surface area contributed by atoms with Gasteiger partial charge >= 0.3 is 0 Å². The van der Waals surface area contributed by atoms with Gasteiger partial charge in [0.15, 0.2) is 0 Å². The molecule has 1 unspecified atom stereocenters. The van der Waals surface area contributed by atoms with Crippen LogP contribution in [-0.2, 0) is 14.3 Å². The van der Waals surface area contributed by atoms with E-state index in [2.05, 4.69) is 13.8 Å². The van der Waals surface area contributed by atoms with Crippen molar-refractivity contribution in [1.82, 2.24) is 0 Å². The first-order chi connectivity index (χ1) is 15.8. The Kier molecular flexibility index (Phi) is 28.3. The zero-order valence-electron chi connectivity index (χ0n) is 22.1. The topological polar surface area (TPSA) is 35.5 Å². The summed E-state index contributed by atoms with van der Waals surface area (Å²) in [6.45, 7) is 6.83. The molecule has 0 saturated heterocycles. The van der Waals surface area contributed by atoms with Crippen LogP contribution in [0.3, 0.4) is 0 Å². The summed E-state index contributed by atoms with van der Waals surface area (Å²) < 4.78 is 11.9.